The van der Waals surface area contributed by atoms with Crippen LogP contribution in [0.2, 0.25) is 0 Å². The van der Waals surface area contributed by atoms with E-state index in [0.717, 1.165) is 39.0 Å². The Morgan fingerprint density at radius 1 is 1.26 bits per heavy atom. The number of carbonyl (C=O) groups excluding carboxylic acids is 1. The first-order chi connectivity index (χ1) is 12.7. The molecule has 152 valence electrons. The minimum absolute atomic E-state index is 0. The molecule has 27 heavy (non-hydrogen) atoms. The minimum atomic E-state index is -0.554. The van der Waals surface area contributed by atoms with Crippen molar-refractivity contribution in [3.05, 3.63) is 18.5 Å². The maximum absolute atomic E-state index is 13.5. The summed E-state index contributed by atoms with van der Waals surface area (Å²) in [7, 11) is 0. The monoisotopic (exact) mass is 396 g/mol. The molecule has 1 aromatic heterocycles. The highest BCUT2D eigenvalue weighted by molar-refractivity contribution is 5.85. The second-order valence-corrected chi connectivity index (χ2v) is 8.23. The molecule has 1 amide bonds. The van der Waals surface area contributed by atoms with Gasteiger partial charge in [0.1, 0.15) is 5.54 Å². The van der Waals surface area contributed by atoms with E-state index < -0.39 is 5.54 Å². The molecule has 2 N–H and O–H groups in total. The lowest BCUT2D eigenvalue weighted by Crippen LogP contribution is -2.68. The van der Waals surface area contributed by atoms with Crippen molar-refractivity contribution in [3.8, 4) is 0 Å². The largest absolute Gasteiger partial charge is 0.378 e. The molecule has 1 aliphatic heterocycles. The van der Waals surface area contributed by atoms with Gasteiger partial charge in [-0.25, -0.2) is 0 Å². The SMILES string of the molecule is CCOC1CC(NC(=O)C2(n3cccn3)CCNCC2)C12CCCCC2.Cl. The lowest BCUT2D eigenvalue weighted by Gasteiger charge is -2.58. The predicted octanol–water partition coefficient (Wildman–Crippen LogP) is 2.63. The van der Waals surface area contributed by atoms with E-state index in [1.165, 1.54) is 32.1 Å². The van der Waals surface area contributed by atoms with Gasteiger partial charge in [0.15, 0.2) is 0 Å². The van der Waals surface area contributed by atoms with Crippen LogP contribution in [0.5, 0.6) is 0 Å². The lowest BCUT2D eigenvalue weighted by atomic mass is 9.55. The summed E-state index contributed by atoms with van der Waals surface area (Å²) in [5.74, 6) is 0.146. The number of nitrogens with zero attached hydrogens (tertiary/aromatic N) is 2. The first-order valence-electron chi connectivity index (χ1n) is 10.3. The number of amides is 1. The van der Waals surface area contributed by atoms with Crippen molar-refractivity contribution >= 4 is 18.3 Å². The van der Waals surface area contributed by atoms with Crippen molar-refractivity contribution in [3.63, 3.8) is 0 Å². The molecule has 2 atom stereocenters. The third-order valence-corrected chi connectivity index (χ3v) is 7.04. The van der Waals surface area contributed by atoms with Crippen LogP contribution in [0.15, 0.2) is 18.5 Å². The molecule has 2 aliphatic carbocycles. The van der Waals surface area contributed by atoms with Crippen LogP contribution in [0, 0.1) is 5.41 Å². The lowest BCUT2D eigenvalue weighted by molar-refractivity contribution is -0.161. The van der Waals surface area contributed by atoms with Gasteiger partial charge in [0.2, 0.25) is 5.91 Å². The van der Waals surface area contributed by atoms with E-state index >= 15 is 0 Å². The zero-order chi connectivity index (χ0) is 18.0. The van der Waals surface area contributed by atoms with Crippen LogP contribution < -0.4 is 10.6 Å². The van der Waals surface area contributed by atoms with Crippen LogP contribution in [0.3, 0.4) is 0 Å². The maximum atomic E-state index is 13.5. The molecule has 0 radical (unpaired) electrons. The van der Waals surface area contributed by atoms with E-state index in [2.05, 4.69) is 22.7 Å². The highest BCUT2D eigenvalue weighted by atomic mass is 35.5. The molecule has 3 aliphatic rings. The number of ether oxygens (including phenoxy) is 1. The Bertz CT molecular complexity index is 610. The molecule has 3 fully saturated rings. The first kappa shape index (κ1) is 20.6. The number of hydrogen-bond donors (Lipinski definition) is 2. The Hall–Kier alpha value is -1.11. The van der Waals surface area contributed by atoms with Crippen LogP contribution in [-0.2, 0) is 15.1 Å². The summed E-state index contributed by atoms with van der Waals surface area (Å²) in [6.45, 7) is 4.54. The molecule has 0 aromatic carbocycles. The van der Waals surface area contributed by atoms with Crippen LogP contribution in [0.1, 0.15) is 58.3 Å². The Morgan fingerprint density at radius 2 is 2.00 bits per heavy atom. The average Bonchev–Trinajstić information content (AvgIpc) is 3.23. The summed E-state index contributed by atoms with van der Waals surface area (Å²) in [6, 6.07) is 2.16. The Kier molecular flexibility index (Phi) is 6.49. The number of carbonyl (C=O) groups is 1. The van der Waals surface area contributed by atoms with Crippen molar-refractivity contribution in [2.45, 2.75) is 76.0 Å². The summed E-state index contributed by atoms with van der Waals surface area (Å²) in [5.41, 5.74) is -0.399. The molecular formula is C20H33ClN4O2. The van der Waals surface area contributed by atoms with Gasteiger partial charge in [0.25, 0.3) is 0 Å². The molecule has 1 saturated heterocycles. The zero-order valence-corrected chi connectivity index (χ0v) is 17.1. The predicted molar refractivity (Wildman–Crippen MR) is 107 cm³/mol. The van der Waals surface area contributed by atoms with Gasteiger partial charge in [0.05, 0.1) is 6.10 Å². The molecule has 2 saturated carbocycles. The number of nitrogens with one attached hydrogen (secondary N) is 2. The third-order valence-electron chi connectivity index (χ3n) is 7.04. The smallest absolute Gasteiger partial charge is 0.248 e. The fourth-order valence-electron chi connectivity index (χ4n) is 5.48. The van der Waals surface area contributed by atoms with Gasteiger partial charge in [-0.05, 0) is 58.2 Å². The van der Waals surface area contributed by atoms with Gasteiger partial charge in [-0.1, -0.05) is 19.3 Å². The summed E-state index contributed by atoms with van der Waals surface area (Å²) >= 11 is 0. The van der Waals surface area contributed by atoms with E-state index in [-0.39, 0.29) is 29.8 Å². The van der Waals surface area contributed by atoms with Crippen molar-refractivity contribution in [2.75, 3.05) is 19.7 Å². The van der Waals surface area contributed by atoms with Crippen molar-refractivity contribution in [2.24, 2.45) is 5.41 Å². The maximum Gasteiger partial charge on any atom is 0.248 e. The van der Waals surface area contributed by atoms with Gasteiger partial charge in [0, 0.05) is 30.5 Å². The number of halogens is 1. The fraction of sp³-hybridized carbons (Fsp3) is 0.800. The van der Waals surface area contributed by atoms with E-state index in [9.17, 15) is 4.79 Å². The number of hydrogen-bond acceptors (Lipinski definition) is 4. The van der Waals surface area contributed by atoms with Crippen LogP contribution in [0.4, 0.5) is 0 Å². The Labute approximate surface area is 168 Å². The normalized spacial score (nSPS) is 28.8. The molecule has 4 rings (SSSR count). The van der Waals surface area contributed by atoms with Crippen LogP contribution >= 0.6 is 12.4 Å². The van der Waals surface area contributed by atoms with E-state index in [0.29, 0.717) is 6.10 Å². The number of rotatable bonds is 5. The topological polar surface area (TPSA) is 68.2 Å². The van der Waals surface area contributed by atoms with E-state index in [1.807, 2.05) is 16.9 Å². The van der Waals surface area contributed by atoms with Gasteiger partial charge < -0.3 is 15.4 Å². The van der Waals surface area contributed by atoms with Gasteiger partial charge in [-0.2, -0.15) is 5.10 Å². The second-order valence-electron chi connectivity index (χ2n) is 8.23. The Morgan fingerprint density at radius 3 is 2.63 bits per heavy atom. The molecule has 2 unspecified atom stereocenters. The van der Waals surface area contributed by atoms with E-state index in [1.54, 1.807) is 6.20 Å². The summed E-state index contributed by atoms with van der Waals surface area (Å²) < 4.78 is 7.93. The zero-order valence-electron chi connectivity index (χ0n) is 16.3. The standard InChI is InChI=1S/C20H32N4O2.ClH/c1-2-26-17-15-16(19(17)7-4-3-5-8-19)23-18(25)20(9-12-21-13-10-20)24-14-6-11-22-24;/h6,11,14,16-17,21H,2-5,7-10,12-13,15H2,1H3,(H,23,25);1H. The summed E-state index contributed by atoms with van der Waals surface area (Å²) in [4.78, 5) is 13.5. The van der Waals surface area contributed by atoms with Crippen LogP contribution in [0.25, 0.3) is 0 Å². The first-order valence-corrected chi connectivity index (χ1v) is 10.3. The third kappa shape index (κ3) is 3.52. The van der Waals surface area contributed by atoms with E-state index in [4.69, 9.17) is 4.74 Å². The fourth-order valence-corrected chi connectivity index (χ4v) is 5.48. The van der Waals surface area contributed by atoms with Gasteiger partial charge in [-0.15, -0.1) is 12.4 Å². The highest BCUT2D eigenvalue weighted by Crippen LogP contribution is 2.53. The number of aromatic nitrogens is 2. The average molecular weight is 397 g/mol. The molecule has 1 aromatic rings. The molecule has 1 spiro atoms. The summed E-state index contributed by atoms with van der Waals surface area (Å²) in [6.07, 6.45) is 12.7. The molecule has 7 heteroatoms. The van der Waals surface area contributed by atoms with Crippen molar-refractivity contribution < 1.29 is 9.53 Å². The quantitative estimate of drug-likeness (QED) is 0.802. The van der Waals surface area contributed by atoms with Gasteiger partial charge >= 0.3 is 0 Å². The molecule has 6 nitrogen and oxygen atoms in total. The minimum Gasteiger partial charge on any atom is -0.378 e. The second kappa shape index (κ2) is 8.50. The van der Waals surface area contributed by atoms with Crippen molar-refractivity contribution in [1.29, 1.82) is 0 Å². The Balaban J connectivity index is 0.00000210. The van der Waals surface area contributed by atoms with Crippen LogP contribution in [-0.4, -0.2) is 47.5 Å². The molecule has 2 heterocycles. The van der Waals surface area contributed by atoms with Crippen molar-refractivity contribution in [1.82, 2.24) is 20.4 Å². The van der Waals surface area contributed by atoms with Gasteiger partial charge in [-0.3, -0.25) is 9.48 Å². The highest BCUT2D eigenvalue weighted by Gasteiger charge is 2.57. The molecular weight excluding hydrogens is 364 g/mol. The number of piperidine rings is 1. The summed E-state index contributed by atoms with van der Waals surface area (Å²) in [5, 5.41) is 11.3. The molecule has 0 bridgehead atoms.